The Balaban J connectivity index is 1.67. The van der Waals surface area contributed by atoms with Crippen LogP contribution in [0, 0.1) is 3.57 Å². The summed E-state index contributed by atoms with van der Waals surface area (Å²) in [4.78, 5) is 16.1. The molecule has 0 radical (unpaired) electrons. The normalized spacial score (nSPS) is 16.9. The van der Waals surface area contributed by atoms with Gasteiger partial charge in [-0.3, -0.25) is 9.69 Å². The molecule has 1 aromatic carbocycles. The lowest BCUT2D eigenvalue weighted by Crippen LogP contribution is -2.43. The fraction of sp³-hybridized carbons (Fsp3) is 0.353. The number of hydrogen-bond acceptors (Lipinski definition) is 4. The Labute approximate surface area is 154 Å². The Hall–Kier alpha value is -0.960. The molecule has 0 saturated carbocycles. The van der Waals surface area contributed by atoms with Gasteiger partial charge in [0.05, 0.1) is 19.3 Å². The topological polar surface area (TPSA) is 41.6 Å². The van der Waals surface area contributed by atoms with Crippen LogP contribution in [0.1, 0.15) is 21.3 Å². The standard InChI is InChI=1S/C17H19IN2O2S/c18-14-4-1-3-13(11-14)17(21)19-12-15(16-5-2-10-23-16)20-6-8-22-9-7-20/h1-5,10-11,15H,6-9,12H2,(H,19,21)/t15-/m0/s1. The van der Waals surface area contributed by atoms with E-state index in [0.29, 0.717) is 12.1 Å². The number of morpholine rings is 1. The molecular weight excluding hydrogens is 423 g/mol. The van der Waals surface area contributed by atoms with Gasteiger partial charge in [-0.25, -0.2) is 0 Å². The molecule has 4 nitrogen and oxygen atoms in total. The van der Waals surface area contributed by atoms with E-state index >= 15 is 0 Å². The van der Waals surface area contributed by atoms with Crippen LogP contribution in [0.4, 0.5) is 0 Å². The number of hydrogen-bond donors (Lipinski definition) is 1. The Bertz CT molecular complexity index is 642. The minimum atomic E-state index is -0.0154. The summed E-state index contributed by atoms with van der Waals surface area (Å²) in [6.45, 7) is 3.94. The lowest BCUT2D eigenvalue weighted by molar-refractivity contribution is 0.0169. The molecule has 122 valence electrons. The lowest BCUT2D eigenvalue weighted by Gasteiger charge is -2.34. The number of rotatable bonds is 5. The Morgan fingerprint density at radius 1 is 1.30 bits per heavy atom. The lowest BCUT2D eigenvalue weighted by atomic mass is 10.1. The van der Waals surface area contributed by atoms with E-state index < -0.39 is 0 Å². The van der Waals surface area contributed by atoms with Crippen molar-refractivity contribution in [2.24, 2.45) is 0 Å². The zero-order valence-corrected chi connectivity index (χ0v) is 15.7. The molecule has 2 heterocycles. The maximum atomic E-state index is 12.4. The molecule has 1 aromatic heterocycles. The SMILES string of the molecule is O=C(NC[C@@H](c1cccs1)N1CCOCC1)c1cccc(I)c1. The van der Waals surface area contributed by atoms with E-state index in [1.807, 2.05) is 24.3 Å². The Morgan fingerprint density at radius 2 is 2.13 bits per heavy atom. The number of ether oxygens (including phenoxy) is 1. The van der Waals surface area contributed by atoms with Crippen LogP contribution in [0.25, 0.3) is 0 Å². The van der Waals surface area contributed by atoms with Crippen molar-refractivity contribution in [1.82, 2.24) is 10.2 Å². The highest BCUT2D eigenvalue weighted by molar-refractivity contribution is 14.1. The molecular formula is C17H19IN2O2S. The zero-order valence-electron chi connectivity index (χ0n) is 12.7. The molecule has 6 heteroatoms. The van der Waals surface area contributed by atoms with Crippen LogP contribution in [-0.4, -0.2) is 43.7 Å². The van der Waals surface area contributed by atoms with Crippen LogP contribution in [0.5, 0.6) is 0 Å². The number of benzene rings is 1. The summed E-state index contributed by atoms with van der Waals surface area (Å²) in [5, 5.41) is 5.18. The first-order chi connectivity index (χ1) is 11.2. The van der Waals surface area contributed by atoms with Crippen molar-refractivity contribution in [2.45, 2.75) is 6.04 Å². The minimum Gasteiger partial charge on any atom is -0.379 e. The first kappa shape index (κ1) is 16.9. The van der Waals surface area contributed by atoms with E-state index in [2.05, 4.69) is 50.3 Å². The smallest absolute Gasteiger partial charge is 0.251 e. The quantitative estimate of drug-likeness (QED) is 0.724. The van der Waals surface area contributed by atoms with Crippen molar-refractivity contribution < 1.29 is 9.53 Å². The molecule has 1 N–H and O–H groups in total. The number of thiophene rings is 1. The van der Waals surface area contributed by atoms with Crippen molar-refractivity contribution in [3.8, 4) is 0 Å². The number of carbonyl (C=O) groups excluding carboxylic acids is 1. The predicted molar refractivity (Wildman–Crippen MR) is 101 cm³/mol. The minimum absolute atomic E-state index is 0.0154. The highest BCUT2D eigenvalue weighted by atomic mass is 127. The van der Waals surface area contributed by atoms with E-state index in [4.69, 9.17) is 4.74 Å². The molecule has 23 heavy (non-hydrogen) atoms. The number of nitrogens with one attached hydrogen (secondary N) is 1. The van der Waals surface area contributed by atoms with E-state index in [-0.39, 0.29) is 11.9 Å². The van der Waals surface area contributed by atoms with Crippen LogP contribution in [0.15, 0.2) is 41.8 Å². The second-order valence-electron chi connectivity index (χ2n) is 5.40. The number of halogens is 1. The van der Waals surface area contributed by atoms with Crippen molar-refractivity contribution in [1.29, 1.82) is 0 Å². The molecule has 1 aliphatic rings. The van der Waals surface area contributed by atoms with Gasteiger partial charge in [0, 0.05) is 33.6 Å². The third kappa shape index (κ3) is 4.53. The van der Waals surface area contributed by atoms with Gasteiger partial charge in [-0.05, 0) is 52.2 Å². The second-order valence-corrected chi connectivity index (χ2v) is 7.62. The van der Waals surface area contributed by atoms with Crippen LogP contribution < -0.4 is 5.32 Å². The summed E-state index contributed by atoms with van der Waals surface area (Å²) in [6.07, 6.45) is 0. The monoisotopic (exact) mass is 442 g/mol. The van der Waals surface area contributed by atoms with Gasteiger partial charge >= 0.3 is 0 Å². The molecule has 0 aliphatic carbocycles. The summed E-state index contributed by atoms with van der Waals surface area (Å²) < 4.78 is 6.52. The molecule has 1 fully saturated rings. The van der Waals surface area contributed by atoms with Gasteiger partial charge in [0.2, 0.25) is 0 Å². The fourth-order valence-electron chi connectivity index (χ4n) is 2.70. The van der Waals surface area contributed by atoms with Crippen molar-refractivity contribution in [2.75, 3.05) is 32.8 Å². The first-order valence-corrected chi connectivity index (χ1v) is 9.59. The third-order valence-corrected chi connectivity index (χ3v) is 5.55. The van der Waals surface area contributed by atoms with Crippen LogP contribution in [-0.2, 0) is 4.74 Å². The first-order valence-electron chi connectivity index (χ1n) is 7.63. The van der Waals surface area contributed by atoms with Crippen LogP contribution in [0.2, 0.25) is 0 Å². The van der Waals surface area contributed by atoms with Gasteiger partial charge in [-0.1, -0.05) is 12.1 Å². The number of carbonyl (C=O) groups is 1. The van der Waals surface area contributed by atoms with Crippen molar-refractivity contribution in [3.63, 3.8) is 0 Å². The average Bonchev–Trinajstić information content (AvgIpc) is 3.10. The second kappa shape index (κ2) is 8.23. The molecule has 2 aromatic rings. The highest BCUT2D eigenvalue weighted by Gasteiger charge is 2.24. The van der Waals surface area contributed by atoms with E-state index in [0.717, 1.165) is 29.9 Å². The molecule has 1 saturated heterocycles. The van der Waals surface area contributed by atoms with Crippen LogP contribution >= 0.6 is 33.9 Å². The maximum absolute atomic E-state index is 12.4. The largest absolute Gasteiger partial charge is 0.379 e. The summed E-state index contributed by atoms with van der Waals surface area (Å²) in [5.74, 6) is -0.0154. The Morgan fingerprint density at radius 3 is 2.83 bits per heavy atom. The van der Waals surface area contributed by atoms with E-state index in [9.17, 15) is 4.79 Å². The number of amides is 1. The van der Waals surface area contributed by atoms with Gasteiger partial charge in [0.15, 0.2) is 0 Å². The summed E-state index contributed by atoms with van der Waals surface area (Å²) in [5.41, 5.74) is 0.712. The Kier molecular flexibility index (Phi) is 6.04. The molecule has 1 aliphatic heterocycles. The molecule has 1 amide bonds. The summed E-state index contributed by atoms with van der Waals surface area (Å²) in [7, 11) is 0. The van der Waals surface area contributed by atoms with Crippen LogP contribution in [0.3, 0.4) is 0 Å². The van der Waals surface area contributed by atoms with Gasteiger partial charge < -0.3 is 10.1 Å². The van der Waals surface area contributed by atoms with E-state index in [1.165, 1.54) is 4.88 Å². The zero-order chi connectivity index (χ0) is 16.1. The molecule has 1 atom stereocenters. The van der Waals surface area contributed by atoms with Gasteiger partial charge in [0.1, 0.15) is 0 Å². The predicted octanol–water partition coefficient (Wildman–Crippen LogP) is 3.16. The highest BCUT2D eigenvalue weighted by Crippen LogP contribution is 2.25. The van der Waals surface area contributed by atoms with Crippen molar-refractivity contribution in [3.05, 3.63) is 55.8 Å². The number of nitrogens with zero attached hydrogens (tertiary/aromatic N) is 1. The molecule has 0 spiro atoms. The third-order valence-electron chi connectivity index (χ3n) is 3.90. The van der Waals surface area contributed by atoms with Gasteiger partial charge in [0.25, 0.3) is 5.91 Å². The van der Waals surface area contributed by atoms with Gasteiger partial charge in [-0.15, -0.1) is 11.3 Å². The fourth-order valence-corrected chi connectivity index (χ4v) is 4.10. The van der Waals surface area contributed by atoms with Gasteiger partial charge in [-0.2, -0.15) is 0 Å². The average molecular weight is 442 g/mol. The van der Waals surface area contributed by atoms with Crippen molar-refractivity contribution >= 4 is 39.8 Å². The summed E-state index contributed by atoms with van der Waals surface area (Å²) in [6, 6.07) is 12.1. The molecule has 0 unspecified atom stereocenters. The van der Waals surface area contributed by atoms with E-state index in [1.54, 1.807) is 11.3 Å². The molecule has 3 rings (SSSR count). The summed E-state index contributed by atoms with van der Waals surface area (Å²) >= 11 is 3.96. The maximum Gasteiger partial charge on any atom is 0.251 e. The molecule has 0 bridgehead atoms.